The number of H-pyrrole nitrogens is 1. The van der Waals surface area contributed by atoms with E-state index in [-0.39, 0.29) is 5.97 Å². The molecule has 0 fully saturated rings. The van der Waals surface area contributed by atoms with Gasteiger partial charge >= 0.3 is 5.97 Å². The van der Waals surface area contributed by atoms with Crippen molar-refractivity contribution >= 4 is 5.97 Å². The predicted octanol–water partition coefficient (Wildman–Crippen LogP) is 0.860. The first-order valence-corrected chi connectivity index (χ1v) is 3.67. The molecule has 4 heteroatoms. The molecule has 0 saturated heterocycles. The van der Waals surface area contributed by atoms with Gasteiger partial charge in [0.15, 0.2) is 0 Å². The van der Waals surface area contributed by atoms with E-state index in [0.29, 0.717) is 5.82 Å². The van der Waals surface area contributed by atoms with Crippen molar-refractivity contribution in [2.75, 3.05) is 7.11 Å². The molecule has 0 aliphatic heterocycles. The minimum atomic E-state index is -0.696. The number of nitrogens with zero attached hydrogens (tertiary/aromatic N) is 1. The first-order chi connectivity index (χ1) is 5.59. The Balaban J connectivity index is 2.93. The van der Waals surface area contributed by atoms with Gasteiger partial charge in [-0.1, -0.05) is 0 Å². The smallest absolute Gasteiger partial charge is 0.318 e. The fraction of sp³-hybridized carbons (Fsp3) is 0.500. The molecule has 0 unspecified atom stereocenters. The van der Waals surface area contributed by atoms with E-state index in [1.807, 2.05) is 0 Å². The predicted molar refractivity (Wildman–Crippen MR) is 43.6 cm³/mol. The zero-order valence-corrected chi connectivity index (χ0v) is 7.42. The van der Waals surface area contributed by atoms with Crippen molar-refractivity contribution in [1.29, 1.82) is 0 Å². The van der Waals surface area contributed by atoms with Crippen LogP contribution in [0.1, 0.15) is 19.7 Å². The van der Waals surface area contributed by atoms with E-state index in [2.05, 4.69) is 14.7 Å². The number of rotatable bonds is 2. The lowest BCUT2D eigenvalue weighted by atomic mass is 9.93. The van der Waals surface area contributed by atoms with Gasteiger partial charge in [-0.15, -0.1) is 0 Å². The highest BCUT2D eigenvalue weighted by molar-refractivity contribution is 5.80. The summed E-state index contributed by atoms with van der Waals surface area (Å²) in [7, 11) is 1.37. The number of methoxy groups -OCH3 is 1. The molecule has 0 spiro atoms. The van der Waals surface area contributed by atoms with Crippen LogP contribution in [0, 0.1) is 0 Å². The van der Waals surface area contributed by atoms with Crippen LogP contribution in [0.2, 0.25) is 0 Å². The molecule has 0 bridgehead atoms. The first-order valence-electron chi connectivity index (χ1n) is 3.67. The van der Waals surface area contributed by atoms with Crippen molar-refractivity contribution in [3.8, 4) is 0 Å². The van der Waals surface area contributed by atoms with Gasteiger partial charge in [-0.05, 0) is 13.8 Å². The number of ether oxygens (including phenoxy) is 1. The van der Waals surface area contributed by atoms with Gasteiger partial charge in [0.25, 0.3) is 0 Å². The Morgan fingerprint density at radius 2 is 2.33 bits per heavy atom. The fourth-order valence-electron chi connectivity index (χ4n) is 0.959. The number of esters is 1. The second kappa shape index (κ2) is 2.97. The van der Waals surface area contributed by atoms with Crippen LogP contribution in [0.15, 0.2) is 12.4 Å². The van der Waals surface area contributed by atoms with Crippen LogP contribution < -0.4 is 0 Å². The maximum absolute atomic E-state index is 11.2. The summed E-state index contributed by atoms with van der Waals surface area (Å²) in [5.74, 6) is 0.326. The molecule has 0 aliphatic carbocycles. The van der Waals surface area contributed by atoms with Gasteiger partial charge in [0.2, 0.25) is 0 Å². The molecule has 0 aromatic carbocycles. The molecule has 4 nitrogen and oxygen atoms in total. The Labute approximate surface area is 71.0 Å². The van der Waals surface area contributed by atoms with Gasteiger partial charge in [0.1, 0.15) is 11.2 Å². The SMILES string of the molecule is COC(=O)C(C)(C)c1ncc[nH]1. The summed E-state index contributed by atoms with van der Waals surface area (Å²) in [6.45, 7) is 3.52. The molecular formula is C8H12N2O2. The summed E-state index contributed by atoms with van der Waals surface area (Å²) >= 11 is 0. The van der Waals surface area contributed by atoms with Crippen molar-refractivity contribution in [3.05, 3.63) is 18.2 Å². The average Bonchev–Trinajstić information content (AvgIpc) is 2.55. The summed E-state index contributed by atoms with van der Waals surface area (Å²) in [5.41, 5.74) is -0.696. The molecule has 1 heterocycles. The number of carbonyl (C=O) groups excluding carboxylic acids is 1. The lowest BCUT2D eigenvalue weighted by molar-refractivity contribution is -0.146. The molecule has 66 valence electrons. The second-order valence-corrected chi connectivity index (χ2v) is 3.05. The normalized spacial score (nSPS) is 11.2. The van der Waals surface area contributed by atoms with E-state index >= 15 is 0 Å². The van der Waals surface area contributed by atoms with Crippen molar-refractivity contribution < 1.29 is 9.53 Å². The highest BCUT2D eigenvalue weighted by atomic mass is 16.5. The number of hydrogen-bond donors (Lipinski definition) is 1. The Morgan fingerprint density at radius 3 is 2.75 bits per heavy atom. The quantitative estimate of drug-likeness (QED) is 0.666. The molecule has 1 aromatic heterocycles. The van der Waals surface area contributed by atoms with Gasteiger partial charge in [-0.3, -0.25) is 4.79 Å². The highest BCUT2D eigenvalue weighted by Gasteiger charge is 2.33. The molecule has 1 rings (SSSR count). The van der Waals surface area contributed by atoms with E-state index in [0.717, 1.165) is 0 Å². The fourth-order valence-corrected chi connectivity index (χ4v) is 0.959. The van der Waals surface area contributed by atoms with Gasteiger partial charge < -0.3 is 9.72 Å². The third-order valence-corrected chi connectivity index (χ3v) is 1.79. The minimum Gasteiger partial charge on any atom is -0.468 e. The third kappa shape index (κ3) is 1.32. The van der Waals surface area contributed by atoms with Crippen molar-refractivity contribution in [1.82, 2.24) is 9.97 Å². The molecular weight excluding hydrogens is 156 g/mol. The minimum absolute atomic E-state index is 0.294. The first kappa shape index (κ1) is 8.77. The Morgan fingerprint density at radius 1 is 1.67 bits per heavy atom. The van der Waals surface area contributed by atoms with Crippen LogP contribution >= 0.6 is 0 Å². The van der Waals surface area contributed by atoms with Crippen LogP contribution in [-0.2, 0) is 14.9 Å². The van der Waals surface area contributed by atoms with Crippen molar-refractivity contribution in [2.45, 2.75) is 19.3 Å². The highest BCUT2D eigenvalue weighted by Crippen LogP contribution is 2.20. The van der Waals surface area contributed by atoms with Gasteiger partial charge in [-0.2, -0.15) is 0 Å². The maximum Gasteiger partial charge on any atom is 0.318 e. The molecule has 0 amide bonds. The van der Waals surface area contributed by atoms with Crippen LogP contribution in [-0.4, -0.2) is 23.0 Å². The lowest BCUT2D eigenvalue weighted by Crippen LogP contribution is -2.31. The number of hydrogen-bond acceptors (Lipinski definition) is 3. The van der Waals surface area contributed by atoms with Crippen LogP contribution in [0.4, 0.5) is 0 Å². The third-order valence-electron chi connectivity index (χ3n) is 1.79. The van der Waals surface area contributed by atoms with Gasteiger partial charge in [-0.25, -0.2) is 4.98 Å². The maximum atomic E-state index is 11.2. The average molecular weight is 168 g/mol. The summed E-state index contributed by atoms with van der Waals surface area (Å²) < 4.78 is 4.64. The number of aromatic amines is 1. The van der Waals surface area contributed by atoms with Gasteiger partial charge in [0, 0.05) is 12.4 Å². The van der Waals surface area contributed by atoms with E-state index in [1.54, 1.807) is 26.2 Å². The summed E-state index contributed by atoms with van der Waals surface area (Å²) in [5, 5.41) is 0. The molecule has 0 atom stereocenters. The zero-order chi connectivity index (χ0) is 9.19. The largest absolute Gasteiger partial charge is 0.468 e. The molecule has 0 radical (unpaired) electrons. The number of nitrogens with one attached hydrogen (secondary N) is 1. The van der Waals surface area contributed by atoms with E-state index in [1.165, 1.54) is 7.11 Å². The van der Waals surface area contributed by atoms with Crippen molar-refractivity contribution in [3.63, 3.8) is 0 Å². The number of carbonyl (C=O) groups is 1. The zero-order valence-electron chi connectivity index (χ0n) is 7.42. The lowest BCUT2D eigenvalue weighted by Gasteiger charge is -2.18. The topological polar surface area (TPSA) is 55.0 Å². The number of aromatic nitrogens is 2. The molecule has 0 saturated carbocycles. The van der Waals surface area contributed by atoms with Crippen LogP contribution in [0.25, 0.3) is 0 Å². The van der Waals surface area contributed by atoms with Crippen LogP contribution in [0.3, 0.4) is 0 Å². The van der Waals surface area contributed by atoms with Gasteiger partial charge in [0.05, 0.1) is 7.11 Å². The molecule has 1 aromatic rings. The molecule has 12 heavy (non-hydrogen) atoms. The number of imidazole rings is 1. The Kier molecular flexibility index (Phi) is 2.17. The summed E-state index contributed by atoms with van der Waals surface area (Å²) in [6, 6.07) is 0. The molecule has 1 N–H and O–H groups in total. The Hall–Kier alpha value is -1.32. The van der Waals surface area contributed by atoms with Crippen molar-refractivity contribution in [2.24, 2.45) is 0 Å². The Bertz CT molecular complexity index is 265. The van der Waals surface area contributed by atoms with E-state index in [4.69, 9.17) is 0 Å². The standard InChI is InChI=1S/C8H12N2O2/c1-8(2,7(11)12-3)6-9-4-5-10-6/h4-5H,1-3H3,(H,9,10). The van der Waals surface area contributed by atoms with Crippen LogP contribution in [0.5, 0.6) is 0 Å². The van der Waals surface area contributed by atoms with E-state index < -0.39 is 5.41 Å². The second-order valence-electron chi connectivity index (χ2n) is 3.05. The monoisotopic (exact) mass is 168 g/mol. The summed E-state index contributed by atoms with van der Waals surface area (Å²) in [4.78, 5) is 18.1. The molecule has 0 aliphatic rings. The summed E-state index contributed by atoms with van der Waals surface area (Å²) in [6.07, 6.45) is 3.29. The van der Waals surface area contributed by atoms with E-state index in [9.17, 15) is 4.79 Å².